The molecule has 0 aliphatic carbocycles. The third kappa shape index (κ3) is 96.4. The predicted molar refractivity (Wildman–Crippen MR) is 29.0 cm³/mol. The molecule has 1 atom stereocenters. The van der Waals surface area contributed by atoms with Crippen molar-refractivity contribution in [3.63, 3.8) is 0 Å². The molecule has 0 aliphatic heterocycles. The smallest absolute Gasteiger partial charge is 0.322 e. The van der Waals surface area contributed by atoms with E-state index >= 15 is 0 Å². The van der Waals surface area contributed by atoms with E-state index in [0.717, 1.165) is 0 Å². The van der Waals surface area contributed by atoms with Crippen LogP contribution in [0.3, 0.4) is 0 Å². The number of halogens is 1. The van der Waals surface area contributed by atoms with Crippen LogP contribution in [0.25, 0.3) is 0 Å². The van der Waals surface area contributed by atoms with Gasteiger partial charge in [-0.15, -0.1) is 12.4 Å². The van der Waals surface area contributed by atoms with E-state index in [-0.39, 0.29) is 12.4 Å². The quantitative estimate of drug-likeness (QED) is 0.491. The third-order valence-electron chi connectivity index (χ3n) is 0. The summed E-state index contributed by atoms with van der Waals surface area (Å²) in [5.74, 6) is 0. The zero-order valence-electron chi connectivity index (χ0n) is 2.74. The van der Waals surface area contributed by atoms with Gasteiger partial charge in [-0.3, -0.25) is 4.57 Å². The molecule has 6 heteroatoms. The van der Waals surface area contributed by atoms with Crippen LogP contribution < -0.4 is 0 Å². The maximum absolute atomic E-state index is 9.29. The Kier molecular flexibility index (Phi) is 4.91. The Morgan fingerprint density at radius 3 is 1.50 bits per heavy atom. The summed E-state index contributed by atoms with van der Waals surface area (Å²) in [7, 11) is -2.34. The van der Waals surface area contributed by atoms with Crippen molar-refractivity contribution in [2.75, 3.05) is 0 Å². The lowest BCUT2D eigenvalue weighted by Gasteiger charge is -1.84. The highest BCUT2D eigenvalue weighted by Crippen LogP contribution is 2.43. The summed E-state index contributed by atoms with van der Waals surface area (Å²) in [6.45, 7) is 0. The van der Waals surface area contributed by atoms with Crippen LogP contribution in [0.1, 0.15) is 0 Å². The minimum atomic E-state index is -3.72. The SMILES string of the molecule is Cl.O=P(O)(O)P. The van der Waals surface area contributed by atoms with Gasteiger partial charge in [0.25, 0.3) is 0 Å². The number of hydrogen-bond donors (Lipinski definition) is 2. The van der Waals surface area contributed by atoms with Gasteiger partial charge in [-0.2, -0.15) is 0 Å². The number of hydrogen-bond acceptors (Lipinski definition) is 1. The molecule has 0 aromatic heterocycles. The second-order valence-corrected chi connectivity index (χ2v) is 3.79. The molecule has 0 rings (SSSR count). The Morgan fingerprint density at radius 1 is 1.50 bits per heavy atom. The van der Waals surface area contributed by atoms with E-state index in [1.165, 1.54) is 8.93 Å². The van der Waals surface area contributed by atoms with Crippen molar-refractivity contribution in [3.05, 3.63) is 0 Å². The topological polar surface area (TPSA) is 57.5 Å². The molecule has 0 heterocycles. The molecule has 0 amide bonds. The average Bonchev–Trinajstić information content (AvgIpc) is 0.722. The standard InChI is InChI=1S/ClH.H4O3P2/c;1-5(2,3)4/h1H;4H2,(H2,1,2,3). The highest BCUT2D eigenvalue weighted by Gasteiger charge is 1.95. The normalized spacial score (nSPS) is 9.83. The van der Waals surface area contributed by atoms with Gasteiger partial charge in [-0.05, 0) is 8.93 Å². The molecule has 0 radical (unpaired) electrons. The first-order chi connectivity index (χ1) is 2.00. The van der Waals surface area contributed by atoms with Gasteiger partial charge in [0.1, 0.15) is 0 Å². The fourth-order valence-corrected chi connectivity index (χ4v) is 0. The third-order valence-corrected chi connectivity index (χ3v) is 0. The second-order valence-electron chi connectivity index (χ2n) is 0.589. The molecule has 2 N–H and O–H groups in total. The Labute approximate surface area is 43.8 Å². The van der Waals surface area contributed by atoms with E-state index in [9.17, 15) is 4.57 Å². The van der Waals surface area contributed by atoms with Crippen molar-refractivity contribution in [1.29, 1.82) is 0 Å². The van der Waals surface area contributed by atoms with Crippen LogP contribution in [-0.2, 0) is 4.57 Å². The van der Waals surface area contributed by atoms with Gasteiger partial charge < -0.3 is 9.79 Å². The highest BCUT2D eigenvalue weighted by molar-refractivity contribution is 8.11. The number of rotatable bonds is 0. The molecule has 1 unspecified atom stereocenters. The zero-order chi connectivity index (χ0) is 4.50. The summed E-state index contributed by atoms with van der Waals surface area (Å²) in [5, 5.41) is 0. The van der Waals surface area contributed by atoms with Gasteiger partial charge in [-0.25, -0.2) is 0 Å². The van der Waals surface area contributed by atoms with E-state index in [1.54, 1.807) is 0 Å². The summed E-state index contributed by atoms with van der Waals surface area (Å²) in [4.78, 5) is 15.2. The van der Waals surface area contributed by atoms with Crippen molar-refractivity contribution in [2.24, 2.45) is 0 Å². The van der Waals surface area contributed by atoms with E-state index in [4.69, 9.17) is 9.79 Å². The van der Waals surface area contributed by atoms with E-state index in [2.05, 4.69) is 0 Å². The lowest BCUT2D eigenvalue weighted by atomic mass is 15.8. The fourth-order valence-electron chi connectivity index (χ4n) is 0. The first-order valence-electron chi connectivity index (χ1n) is 0.841. The molecule has 40 valence electrons. The molecule has 3 nitrogen and oxygen atoms in total. The van der Waals surface area contributed by atoms with Crippen LogP contribution in [0.5, 0.6) is 0 Å². The van der Waals surface area contributed by atoms with Gasteiger partial charge in [-0.1, -0.05) is 0 Å². The molecule has 0 saturated heterocycles. The van der Waals surface area contributed by atoms with E-state index in [0.29, 0.717) is 0 Å². The van der Waals surface area contributed by atoms with Crippen LogP contribution in [-0.4, -0.2) is 9.79 Å². The molecule has 0 saturated carbocycles. The largest absolute Gasteiger partial charge is 0.338 e. The minimum absolute atomic E-state index is 0. The summed E-state index contributed by atoms with van der Waals surface area (Å²) in [6.07, 6.45) is 0. The first-order valence-corrected chi connectivity index (χ1v) is 4.07. The Bertz CT molecular complexity index is 54.9. The molecular formula is H5ClO3P2. The van der Waals surface area contributed by atoms with Gasteiger partial charge in [0, 0.05) is 0 Å². The zero-order valence-corrected chi connectivity index (χ0v) is 5.60. The molecule has 0 aliphatic rings. The van der Waals surface area contributed by atoms with Crippen molar-refractivity contribution < 1.29 is 14.4 Å². The maximum atomic E-state index is 9.29. The molecule has 6 heavy (non-hydrogen) atoms. The van der Waals surface area contributed by atoms with Crippen LogP contribution in [0.4, 0.5) is 0 Å². The first kappa shape index (κ1) is 9.98. The lowest BCUT2D eigenvalue weighted by molar-refractivity contribution is 0.397. The predicted octanol–water partition coefficient (Wildman–Crippen LogP) is 0.376. The Balaban J connectivity index is 0. The monoisotopic (exact) mass is 150 g/mol. The summed E-state index contributed by atoms with van der Waals surface area (Å²) < 4.78 is 9.29. The average molecular weight is 150 g/mol. The molecule has 0 aromatic rings. The molecule has 0 spiro atoms. The van der Waals surface area contributed by atoms with Crippen LogP contribution in [0.15, 0.2) is 0 Å². The van der Waals surface area contributed by atoms with Gasteiger partial charge >= 0.3 is 7.28 Å². The van der Waals surface area contributed by atoms with Crippen LogP contribution in [0, 0.1) is 0 Å². The van der Waals surface area contributed by atoms with Crippen molar-refractivity contribution in [1.82, 2.24) is 0 Å². The second kappa shape index (κ2) is 2.95. The molecule has 0 fully saturated rings. The minimum Gasteiger partial charge on any atom is -0.322 e. The van der Waals surface area contributed by atoms with E-state index < -0.39 is 7.28 Å². The van der Waals surface area contributed by atoms with Crippen LogP contribution in [0.2, 0.25) is 0 Å². The Morgan fingerprint density at radius 2 is 1.50 bits per heavy atom. The molecule has 0 bridgehead atoms. The summed E-state index contributed by atoms with van der Waals surface area (Å²) in [6, 6.07) is 0. The van der Waals surface area contributed by atoms with Gasteiger partial charge in [0.05, 0.1) is 0 Å². The van der Waals surface area contributed by atoms with Crippen LogP contribution >= 0.6 is 28.6 Å². The van der Waals surface area contributed by atoms with Crippen molar-refractivity contribution in [3.8, 4) is 0 Å². The van der Waals surface area contributed by atoms with Crippen molar-refractivity contribution >= 4 is 28.6 Å². The maximum Gasteiger partial charge on any atom is 0.338 e. The van der Waals surface area contributed by atoms with Crippen molar-refractivity contribution in [2.45, 2.75) is 0 Å². The van der Waals surface area contributed by atoms with Gasteiger partial charge in [0.15, 0.2) is 0 Å². The lowest BCUT2D eigenvalue weighted by Crippen LogP contribution is -1.53. The summed E-state index contributed by atoms with van der Waals surface area (Å²) in [5.41, 5.74) is 0. The van der Waals surface area contributed by atoms with E-state index in [1.807, 2.05) is 0 Å². The molecule has 0 aromatic carbocycles. The van der Waals surface area contributed by atoms with Gasteiger partial charge in [0.2, 0.25) is 0 Å². The Hall–Kier alpha value is 0.870. The summed E-state index contributed by atoms with van der Waals surface area (Å²) >= 11 is 0. The molecular weight excluding hydrogens is 145 g/mol. The fraction of sp³-hybridized carbons (Fsp3) is 0. The highest BCUT2D eigenvalue weighted by atomic mass is 35.5.